The molecule has 2 heterocycles. The van der Waals surface area contributed by atoms with Crippen LogP contribution < -0.4 is 0 Å². The molecule has 2 aliphatic rings. The highest BCUT2D eigenvalue weighted by Gasteiger charge is 2.47. The molecule has 0 aromatic carbocycles. The quantitative estimate of drug-likeness (QED) is 0.0204. The molecule has 0 spiro atoms. The first kappa shape index (κ1) is 59.8. The Kier molecular flexibility index (Phi) is 34.4. The van der Waals surface area contributed by atoms with E-state index in [2.05, 4.69) is 86.8 Å². The van der Waals surface area contributed by atoms with Crippen molar-refractivity contribution in [1.82, 2.24) is 0 Å². The van der Waals surface area contributed by atoms with Crippen molar-refractivity contribution in [3.63, 3.8) is 0 Å². The molecule has 0 aliphatic carbocycles. The van der Waals surface area contributed by atoms with Gasteiger partial charge in [0, 0.05) is 12.8 Å². The third kappa shape index (κ3) is 26.9. The molecule has 2 aliphatic heterocycles. The summed E-state index contributed by atoms with van der Waals surface area (Å²) in [4.78, 5) is 25.7. The van der Waals surface area contributed by atoms with Crippen molar-refractivity contribution < 1.29 is 73.8 Å². The number of unbranched alkanes of at least 4 members (excludes halogenated alkanes) is 8. The molecule has 2 rings (SSSR count). The van der Waals surface area contributed by atoms with Gasteiger partial charge in [0.1, 0.15) is 55.4 Å². The molecule has 2 fully saturated rings. The fourth-order valence-electron chi connectivity index (χ4n) is 7.03. The van der Waals surface area contributed by atoms with Gasteiger partial charge < -0.3 is 64.2 Å². The maximum atomic E-state index is 13.0. The summed E-state index contributed by atoms with van der Waals surface area (Å²) in [7, 11) is 0. The molecule has 0 aromatic rings. The predicted octanol–water partition coefficient (Wildman–Crippen LogP) is 6.43. The van der Waals surface area contributed by atoms with Gasteiger partial charge in [-0.2, -0.15) is 0 Å². The first-order chi connectivity index (χ1) is 32.5. The first-order valence-corrected chi connectivity index (χ1v) is 24.7. The molecule has 0 bridgehead atoms. The number of allylic oxidation sites excluding steroid dienone is 14. The number of aliphatic hydroxyl groups excluding tert-OH is 7. The first-order valence-electron chi connectivity index (χ1n) is 24.7. The lowest BCUT2D eigenvalue weighted by Crippen LogP contribution is -2.61. The molecule has 4 unspecified atom stereocenters. The van der Waals surface area contributed by atoms with Crippen molar-refractivity contribution in [2.24, 2.45) is 0 Å². The van der Waals surface area contributed by atoms with Crippen LogP contribution in [0.15, 0.2) is 85.1 Å². The largest absolute Gasteiger partial charge is 0.462 e. The minimum Gasteiger partial charge on any atom is -0.462 e. The van der Waals surface area contributed by atoms with Crippen molar-refractivity contribution in [3.05, 3.63) is 85.1 Å². The number of rotatable bonds is 36. The van der Waals surface area contributed by atoms with Crippen LogP contribution >= 0.6 is 0 Å². The third-order valence-electron chi connectivity index (χ3n) is 11.1. The van der Waals surface area contributed by atoms with Crippen LogP contribution in [0.3, 0.4) is 0 Å². The SMILES string of the molecule is CC/C=C/C/C=C/C/C=C/C/C=C/C/C=C/CCCC(=O)O[C@H](COC(=O)CCCCCCC/C=C/C/C=C/CCCC)CO[C@H]1O[C@@H](CO[C@H]2O[C@@H](CO)[C@@H](O)C(O)C2O)[C@@H](O)C(O)C1O. The monoisotopic (exact) mass is 949 g/mol. The second kappa shape index (κ2) is 38.5. The van der Waals surface area contributed by atoms with Crippen LogP contribution in [0, 0.1) is 0 Å². The zero-order valence-electron chi connectivity index (χ0n) is 40.1. The van der Waals surface area contributed by atoms with Gasteiger partial charge in [0.05, 0.1) is 19.8 Å². The molecule has 0 radical (unpaired) electrons. The fourth-order valence-corrected chi connectivity index (χ4v) is 7.03. The van der Waals surface area contributed by atoms with E-state index < -0.39 is 99.3 Å². The molecule has 11 atom stereocenters. The number of hydrogen-bond acceptors (Lipinski definition) is 15. The molecule has 7 N–H and O–H groups in total. The summed E-state index contributed by atoms with van der Waals surface area (Å²) in [5.41, 5.74) is 0. The van der Waals surface area contributed by atoms with Gasteiger partial charge in [-0.05, 0) is 77.0 Å². The zero-order valence-corrected chi connectivity index (χ0v) is 40.1. The molecule has 0 amide bonds. The summed E-state index contributed by atoms with van der Waals surface area (Å²) < 4.78 is 33.4. The summed E-state index contributed by atoms with van der Waals surface area (Å²) in [6.45, 7) is 2.33. The molecule has 67 heavy (non-hydrogen) atoms. The van der Waals surface area contributed by atoms with E-state index in [0.29, 0.717) is 19.3 Å². The summed E-state index contributed by atoms with van der Waals surface area (Å²) >= 11 is 0. The Morgan fingerprint density at radius 1 is 0.493 bits per heavy atom. The van der Waals surface area contributed by atoms with Crippen LogP contribution in [0.4, 0.5) is 0 Å². The Bertz CT molecular complexity index is 1490. The van der Waals surface area contributed by atoms with E-state index in [0.717, 1.165) is 77.0 Å². The summed E-state index contributed by atoms with van der Waals surface area (Å²) in [5, 5.41) is 72.0. The lowest BCUT2D eigenvalue weighted by molar-refractivity contribution is -0.332. The Hall–Kier alpha value is -3.32. The molecule has 15 nitrogen and oxygen atoms in total. The fraction of sp³-hybridized carbons (Fsp3) is 0.692. The van der Waals surface area contributed by atoms with Crippen LogP contribution in [-0.2, 0) is 38.0 Å². The van der Waals surface area contributed by atoms with Crippen molar-refractivity contribution in [1.29, 1.82) is 0 Å². The van der Waals surface area contributed by atoms with E-state index in [1.165, 1.54) is 12.8 Å². The smallest absolute Gasteiger partial charge is 0.306 e. The lowest BCUT2D eigenvalue weighted by Gasteiger charge is -2.42. The van der Waals surface area contributed by atoms with Crippen LogP contribution in [-0.4, -0.2) is 142 Å². The van der Waals surface area contributed by atoms with Crippen LogP contribution in [0.25, 0.3) is 0 Å². The summed E-state index contributed by atoms with van der Waals surface area (Å²) in [6, 6.07) is 0. The zero-order chi connectivity index (χ0) is 48.9. The Balaban J connectivity index is 1.87. The van der Waals surface area contributed by atoms with Gasteiger partial charge in [-0.15, -0.1) is 0 Å². The van der Waals surface area contributed by atoms with Gasteiger partial charge in [-0.25, -0.2) is 0 Å². The molecule has 382 valence electrons. The van der Waals surface area contributed by atoms with E-state index in [-0.39, 0.29) is 19.4 Å². The Morgan fingerprint density at radius 2 is 0.955 bits per heavy atom. The van der Waals surface area contributed by atoms with Crippen molar-refractivity contribution in [2.45, 2.75) is 203 Å². The maximum absolute atomic E-state index is 13.0. The highest BCUT2D eigenvalue weighted by atomic mass is 16.7. The lowest BCUT2D eigenvalue weighted by atomic mass is 9.98. The molecule has 15 heteroatoms. The van der Waals surface area contributed by atoms with Crippen LogP contribution in [0.2, 0.25) is 0 Å². The second-order valence-electron chi connectivity index (χ2n) is 16.9. The molecule has 0 saturated carbocycles. The van der Waals surface area contributed by atoms with Crippen molar-refractivity contribution >= 4 is 11.9 Å². The number of aliphatic hydroxyl groups is 7. The standard InChI is InChI=1S/C52H84O15/c1-3-5-7-9-11-13-15-17-19-20-21-23-25-27-29-31-33-35-44(55)65-40(37-62-43(54)34-32-30-28-26-24-22-18-16-14-12-10-8-6-4-2)38-63-51-50(61)48(59)46(57)42(67-51)39-64-52-49(60)47(58)45(56)41(36-53)66-52/h5,7,10-13,16-19,21,23,27,29,40-42,45-53,56-61H,3-4,6,8-9,14-15,20,22,24-26,28,30-39H2,1-2H3/b7-5+,12-10+,13-11+,18-16+,19-17+,23-21+,29-27+/t40-,41+,42+,45-,46-,47?,48?,49?,50?,51+,52+/m1/s1. The van der Waals surface area contributed by atoms with Crippen molar-refractivity contribution in [2.75, 3.05) is 26.4 Å². The average molecular weight is 949 g/mol. The molecule has 2 saturated heterocycles. The van der Waals surface area contributed by atoms with E-state index in [4.69, 9.17) is 28.4 Å². The van der Waals surface area contributed by atoms with Gasteiger partial charge in [0.2, 0.25) is 0 Å². The van der Waals surface area contributed by atoms with Gasteiger partial charge in [0.15, 0.2) is 18.7 Å². The minimum atomic E-state index is -1.78. The average Bonchev–Trinajstić information content (AvgIpc) is 3.32. The van der Waals surface area contributed by atoms with Gasteiger partial charge in [-0.1, -0.05) is 131 Å². The number of carbonyl (C=O) groups excluding carboxylic acids is 2. The maximum Gasteiger partial charge on any atom is 0.306 e. The molecular weight excluding hydrogens is 865 g/mol. The number of ether oxygens (including phenoxy) is 6. The van der Waals surface area contributed by atoms with E-state index in [1.54, 1.807) is 0 Å². The highest BCUT2D eigenvalue weighted by Crippen LogP contribution is 2.26. The summed E-state index contributed by atoms with van der Waals surface area (Å²) in [6.07, 6.45) is 29.0. The second-order valence-corrected chi connectivity index (χ2v) is 16.9. The van der Waals surface area contributed by atoms with E-state index in [9.17, 15) is 45.3 Å². The van der Waals surface area contributed by atoms with Crippen molar-refractivity contribution in [3.8, 4) is 0 Å². The number of esters is 2. The van der Waals surface area contributed by atoms with Crippen LogP contribution in [0.1, 0.15) is 136 Å². The normalized spacial score (nSPS) is 26.7. The van der Waals surface area contributed by atoms with Gasteiger partial charge in [0.25, 0.3) is 0 Å². The number of hydrogen-bond donors (Lipinski definition) is 7. The molecule has 0 aromatic heterocycles. The Morgan fingerprint density at radius 3 is 1.52 bits per heavy atom. The summed E-state index contributed by atoms with van der Waals surface area (Å²) in [5.74, 6) is -1.02. The predicted molar refractivity (Wildman–Crippen MR) is 256 cm³/mol. The van der Waals surface area contributed by atoms with Gasteiger partial charge in [-0.3, -0.25) is 9.59 Å². The Labute approximate surface area is 399 Å². The van der Waals surface area contributed by atoms with Gasteiger partial charge >= 0.3 is 11.9 Å². The van der Waals surface area contributed by atoms with Crippen LogP contribution in [0.5, 0.6) is 0 Å². The highest BCUT2D eigenvalue weighted by molar-refractivity contribution is 5.70. The topological polar surface area (TPSA) is 231 Å². The van der Waals surface area contributed by atoms with E-state index >= 15 is 0 Å². The molecular formula is C52H84O15. The van der Waals surface area contributed by atoms with E-state index in [1.807, 2.05) is 12.2 Å². The minimum absolute atomic E-state index is 0.0788. The third-order valence-corrected chi connectivity index (χ3v) is 11.1. The number of carbonyl (C=O) groups is 2.